The van der Waals surface area contributed by atoms with E-state index in [9.17, 15) is 4.79 Å². The fraction of sp³-hybridized carbons (Fsp3) is 0.375. The summed E-state index contributed by atoms with van der Waals surface area (Å²) in [7, 11) is 0. The van der Waals surface area contributed by atoms with Gasteiger partial charge in [-0.1, -0.05) is 12.1 Å². The molecule has 5 rings (SSSR count). The van der Waals surface area contributed by atoms with Crippen LogP contribution in [-0.2, 0) is 4.79 Å². The van der Waals surface area contributed by atoms with Crippen LogP contribution in [0.5, 0.6) is 0 Å². The lowest BCUT2D eigenvalue weighted by molar-refractivity contribution is -0.117. The molecule has 0 aliphatic carbocycles. The highest BCUT2D eigenvalue weighted by atomic mass is 16.3. The third kappa shape index (κ3) is 4.63. The zero-order valence-electron chi connectivity index (χ0n) is 19.1. The number of likely N-dealkylation sites (tertiary alicyclic amines) is 1. The monoisotopic (exact) mass is 445 g/mol. The van der Waals surface area contributed by atoms with Crippen LogP contribution in [0.3, 0.4) is 0 Å². The molecule has 0 bridgehead atoms. The highest BCUT2D eigenvalue weighted by molar-refractivity contribution is 5.91. The summed E-state index contributed by atoms with van der Waals surface area (Å²) in [6, 6.07) is 11.5. The smallest absolute Gasteiger partial charge is 0.252 e. The molecule has 3 aromatic heterocycles. The summed E-state index contributed by atoms with van der Waals surface area (Å²) < 4.78 is 7.57. The van der Waals surface area contributed by atoms with Gasteiger partial charge in [0.15, 0.2) is 11.5 Å². The predicted octanol–water partition coefficient (Wildman–Crippen LogP) is 3.55. The number of piperidine rings is 1. The Balaban J connectivity index is 1.27. The number of para-hydroxylation sites is 2. The lowest BCUT2D eigenvalue weighted by Crippen LogP contribution is -2.40. The van der Waals surface area contributed by atoms with Crippen molar-refractivity contribution in [3.05, 3.63) is 59.4 Å². The number of carbonyl (C=O) groups excluding carboxylic acids is 1. The molecule has 0 saturated carbocycles. The molecular formula is C24H27N7O2. The maximum Gasteiger partial charge on any atom is 0.252 e. The highest BCUT2D eigenvalue weighted by Gasteiger charge is 2.27. The van der Waals surface area contributed by atoms with Crippen LogP contribution < -0.4 is 5.32 Å². The Morgan fingerprint density at radius 1 is 1.09 bits per heavy atom. The highest BCUT2D eigenvalue weighted by Crippen LogP contribution is 2.29. The molecule has 1 amide bonds. The quantitative estimate of drug-likeness (QED) is 0.501. The number of fused-ring (bicyclic) bond motifs is 1. The summed E-state index contributed by atoms with van der Waals surface area (Å²) in [6.07, 6.45) is 1.99. The van der Waals surface area contributed by atoms with Crippen molar-refractivity contribution >= 4 is 22.8 Å². The van der Waals surface area contributed by atoms with Gasteiger partial charge in [0, 0.05) is 29.9 Å². The van der Waals surface area contributed by atoms with E-state index < -0.39 is 0 Å². The Kier molecular flexibility index (Phi) is 5.63. The van der Waals surface area contributed by atoms with Crippen LogP contribution in [0.25, 0.3) is 17.0 Å². The molecule has 1 unspecified atom stereocenters. The van der Waals surface area contributed by atoms with Crippen LogP contribution in [0, 0.1) is 20.8 Å². The molecule has 0 radical (unpaired) electrons. The van der Waals surface area contributed by atoms with Crippen molar-refractivity contribution < 1.29 is 9.21 Å². The minimum Gasteiger partial charge on any atom is -0.440 e. The molecule has 33 heavy (non-hydrogen) atoms. The number of aryl methyl sites for hydroxylation is 3. The van der Waals surface area contributed by atoms with Gasteiger partial charge in [0.1, 0.15) is 11.3 Å². The first-order valence-electron chi connectivity index (χ1n) is 11.2. The summed E-state index contributed by atoms with van der Waals surface area (Å²) in [5.74, 6) is 1.84. The van der Waals surface area contributed by atoms with Crippen LogP contribution in [0.4, 0.5) is 5.82 Å². The molecule has 1 N–H and O–H groups in total. The number of amides is 1. The number of nitrogens with one attached hydrogen (secondary N) is 1. The van der Waals surface area contributed by atoms with Gasteiger partial charge in [-0.15, -0.1) is 0 Å². The Bertz CT molecular complexity index is 1260. The number of carbonyl (C=O) groups is 1. The molecule has 1 aliphatic rings. The molecule has 1 aromatic carbocycles. The fourth-order valence-electron chi connectivity index (χ4n) is 4.39. The Morgan fingerprint density at radius 3 is 2.67 bits per heavy atom. The minimum atomic E-state index is -0.0984. The SMILES string of the molecule is Cc1cc(C)nc(-n2nc(C)cc2NC(=O)CN2CCCC(c3nc4ccccc4o3)C2)n1. The zero-order chi connectivity index (χ0) is 22.9. The van der Waals surface area contributed by atoms with E-state index in [1.165, 1.54) is 0 Å². The van der Waals surface area contributed by atoms with Gasteiger partial charge in [0.25, 0.3) is 5.95 Å². The number of hydrogen-bond donors (Lipinski definition) is 1. The summed E-state index contributed by atoms with van der Waals surface area (Å²) in [5.41, 5.74) is 4.16. The second-order valence-electron chi connectivity index (χ2n) is 8.68. The van der Waals surface area contributed by atoms with Gasteiger partial charge in [-0.05, 0) is 58.4 Å². The first kappa shape index (κ1) is 21.3. The van der Waals surface area contributed by atoms with Gasteiger partial charge in [-0.2, -0.15) is 9.78 Å². The van der Waals surface area contributed by atoms with Crippen molar-refractivity contribution in [3.63, 3.8) is 0 Å². The van der Waals surface area contributed by atoms with Gasteiger partial charge < -0.3 is 9.73 Å². The van der Waals surface area contributed by atoms with Gasteiger partial charge in [0.2, 0.25) is 5.91 Å². The summed E-state index contributed by atoms with van der Waals surface area (Å²) in [4.78, 5) is 28.7. The largest absolute Gasteiger partial charge is 0.440 e. The van der Waals surface area contributed by atoms with Gasteiger partial charge in [-0.3, -0.25) is 9.69 Å². The molecule has 1 saturated heterocycles. The molecule has 1 aliphatic heterocycles. The summed E-state index contributed by atoms with van der Waals surface area (Å²) >= 11 is 0. The maximum absolute atomic E-state index is 12.9. The van der Waals surface area contributed by atoms with Crippen molar-refractivity contribution in [2.45, 2.75) is 39.5 Å². The third-order valence-electron chi connectivity index (χ3n) is 5.79. The second kappa shape index (κ2) is 8.74. The van der Waals surface area contributed by atoms with E-state index in [2.05, 4.69) is 30.3 Å². The van der Waals surface area contributed by atoms with E-state index in [0.717, 1.165) is 60.0 Å². The molecule has 4 heterocycles. The third-order valence-corrected chi connectivity index (χ3v) is 5.79. The number of aromatic nitrogens is 5. The normalized spacial score (nSPS) is 16.9. The van der Waals surface area contributed by atoms with Gasteiger partial charge in [0.05, 0.1) is 12.2 Å². The van der Waals surface area contributed by atoms with E-state index in [-0.39, 0.29) is 18.4 Å². The number of anilines is 1. The van der Waals surface area contributed by atoms with Gasteiger partial charge in [-0.25, -0.2) is 15.0 Å². The average molecular weight is 446 g/mol. The first-order chi connectivity index (χ1) is 15.9. The molecule has 0 spiro atoms. The number of benzene rings is 1. The Labute approximate surface area is 191 Å². The summed E-state index contributed by atoms with van der Waals surface area (Å²) in [6.45, 7) is 7.59. The fourth-order valence-corrected chi connectivity index (χ4v) is 4.39. The number of hydrogen-bond acceptors (Lipinski definition) is 7. The average Bonchev–Trinajstić information content (AvgIpc) is 3.36. The molecule has 9 heteroatoms. The molecule has 170 valence electrons. The van der Waals surface area contributed by atoms with E-state index in [0.29, 0.717) is 11.8 Å². The summed E-state index contributed by atoms with van der Waals surface area (Å²) in [5, 5.41) is 7.47. The van der Waals surface area contributed by atoms with Crippen molar-refractivity contribution in [1.82, 2.24) is 29.6 Å². The molecule has 1 fully saturated rings. The van der Waals surface area contributed by atoms with E-state index in [4.69, 9.17) is 4.42 Å². The Morgan fingerprint density at radius 2 is 1.88 bits per heavy atom. The zero-order valence-corrected chi connectivity index (χ0v) is 19.1. The van der Waals surface area contributed by atoms with Crippen molar-refractivity contribution in [2.24, 2.45) is 0 Å². The molecule has 1 atom stereocenters. The molecule has 4 aromatic rings. The van der Waals surface area contributed by atoms with Crippen LogP contribution in [0.2, 0.25) is 0 Å². The number of nitrogens with zero attached hydrogens (tertiary/aromatic N) is 6. The molecular weight excluding hydrogens is 418 g/mol. The van der Waals surface area contributed by atoms with Crippen LogP contribution in [-0.4, -0.2) is 55.2 Å². The van der Waals surface area contributed by atoms with E-state index >= 15 is 0 Å². The van der Waals surface area contributed by atoms with E-state index in [1.807, 2.05) is 57.2 Å². The molecule has 9 nitrogen and oxygen atoms in total. The lowest BCUT2D eigenvalue weighted by Gasteiger charge is -2.30. The van der Waals surface area contributed by atoms with Crippen molar-refractivity contribution in [1.29, 1.82) is 0 Å². The van der Waals surface area contributed by atoms with Gasteiger partial charge >= 0.3 is 0 Å². The number of oxazole rings is 1. The van der Waals surface area contributed by atoms with Crippen LogP contribution in [0.15, 0.2) is 40.8 Å². The predicted molar refractivity (Wildman–Crippen MR) is 124 cm³/mol. The maximum atomic E-state index is 12.9. The Hall–Kier alpha value is -3.59. The second-order valence-corrected chi connectivity index (χ2v) is 8.68. The van der Waals surface area contributed by atoms with Crippen molar-refractivity contribution in [2.75, 3.05) is 25.0 Å². The first-order valence-corrected chi connectivity index (χ1v) is 11.2. The van der Waals surface area contributed by atoms with E-state index in [1.54, 1.807) is 4.68 Å². The van der Waals surface area contributed by atoms with Crippen LogP contribution >= 0.6 is 0 Å². The van der Waals surface area contributed by atoms with Crippen LogP contribution in [0.1, 0.15) is 41.7 Å². The standard InChI is InChI=1S/C24H27N7O2/c1-15-11-16(2)26-24(25-15)31-21(12-17(3)29-31)28-22(32)14-30-10-6-7-18(13-30)23-27-19-8-4-5-9-20(19)33-23/h4-5,8-9,11-12,18H,6-7,10,13-14H2,1-3H3,(H,28,32). The minimum absolute atomic E-state index is 0.0984. The van der Waals surface area contributed by atoms with Crippen molar-refractivity contribution in [3.8, 4) is 5.95 Å². The number of rotatable bonds is 5. The topological polar surface area (TPSA) is 102 Å². The lowest BCUT2D eigenvalue weighted by atomic mass is 9.98.